The summed E-state index contributed by atoms with van der Waals surface area (Å²) in [6.45, 7) is 4.01. The summed E-state index contributed by atoms with van der Waals surface area (Å²) in [5.74, 6) is -2.41. The van der Waals surface area contributed by atoms with Crippen molar-refractivity contribution in [1.82, 2.24) is 9.78 Å². The van der Waals surface area contributed by atoms with Crippen LogP contribution in [0.4, 0.5) is 14.6 Å². The molecule has 1 aromatic heterocycles. The van der Waals surface area contributed by atoms with Crippen molar-refractivity contribution in [1.29, 1.82) is 0 Å². The predicted molar refractivity (Wildman–Crippen MR) is 82.7 cm³/mol. The number of nitrogens with one attached hydrogen (secondary N) is 1. The largest absolute Gasteiger partial charge is 0.497 e. The van der Waals surface area contributed by atoms with Gasteiger partial charge in [-0.25, -0.2) is 13.5 Å². The van der Waals surface area contributed by atoms with Gasteiger partial charge in [0.05, 0.1) is 19.3 Å². The molecule has 1 aromatic carbocycles. The molecule has 23 heavy (non-hydrogen) atoms. The van der Waals surface area contributed by atoms with E-state index in [0.717, 1.165) is 25.0 Å². The molecule has 5 nitrogen and oxygen atoms in total. The number of hydrogen-bond acceptors (Lipinski definition) is 3. The molecule has 124 valence electrons. The maximum Gasteiger partial charge on any atom is 0.262 e. The Kier molecular flexibility index (Phi) is 5.31. The van der Waals surface area contributed by atoms with E-state index in [1.165, 1.54) is 13.3 Å². The SMILES string of the molecule is CCC(CC)n1nccc1NC(=O)c1c(F)cc(OC)cc1F. The first kappa shape index (κ1) is 16.9. The van der Waals surface area contributed by atoms with E-state index >= 15 is 0 Å². The average Bonchev–Trinajstić information content (AvgIpc) is 2.95. The van der Waals surface area contributed by atoms with Gasteiger partial charge in [0.1, 0.15) is 28.8 Å². The van der Waals surface area contributed by atoms with Gasteiger partial charge in [0.15, 0.2) is 0 Å². The van der Waals surface area contributed by atoms with E-state index < -0.39 is 23.1 Å². The van der Waals surface area contributed by atoms with Gasteiger partial charge in [-0.1, -0.05) is 13.8 Å². The minimum absolute atomic E-state index is 0.0126. The van der Waals surface area contributed by atoms with E-state index in [1.807, 2.05) is 13.8 Å². The number of benzene rings is 1. The van der Waals surface area contributed by atoms with Gasteiger partial charge >= 0.3 is 0 Å². The normalized spacial score (nSPS) is 10.9. The molecular formula is C16H19F2N3O2. The van der Waals surface area contributed by atoms with E-state index in [4.69, 9.17) is 4.74 Å². The van der Waals surface area contributed by atoms with Gasteiger partial charge in [0, 0.05) is 18.2 Å². The number of ether oxygens (including phenoxy) is 1. The maximum atomic E-state index is 14.0. The second kappa shape index (κ2) is 7.21. The Bertz CT molecular complexity index is 673. The Hall–Kier alpha value is -2.44. The van der Waals surface area contributed by atoms with Gasteiger partial charge in [-0.2, -0.15) is 5.10 Å². The van der Waals surface area contributed by atoms with Crippen LogP contribution in [0, 0.1) is 11.6 Å². The third kappa shape index (κ3) is 3.49. The first-order valence-corrected chi connectivity index (χ1v) is 7.39. The third-order valence-electron chi connectivity index (χ3n) is 3.68. The Morgan fingerprint density at radius 3 is 2.43 bits per heavy atom. The number of carbonyl (C=O) groups excluding carboxylic acids is 1. The lowest BCUT2D eigenvalue weighted by Gasteiger charge is -2.17. The smallest absolute Gasteiger partial charge is 0.262 e. The Morgan fingerprint density at radius 2 is 1.91 bits per heavy atom. The first-order valence-electron chi connectivity index (χ1n) is 7.39. The summed E-state index contributed by atoms with van der Waals surface area (Å²) in [7, 11) is 1.29. The molecule has 0 bridgehead atoms. The molecule has 0 aliphatic rings. The number of anilines is 1. The minimum atomic E-state index is -0.979. The number of methoxy groups -OCH3 is 1. The molecule has 0 radical (unpaired) electrons. The van der Waals surface area contributed by atoms with Crippen LogP contribution in [0.3, 0.4) is 0 Å². The fraction of sp³-hybridized carbons (Fsp3) is 0.375. The molecule has 0 fully saturated rings. The lowest BCUT2D eigenvalue weighted by Crippen LogP contribution is -2.20. The van der Waals surface area contributed by atoms with Crippen molar-refractivity contribution < 1.29 is 18.3 Å². The highest BCUT2D eigenvalue weighted by Crippen LogP contribution is 2.23. The van der Waals surface area contributed by atoms with Crippen LogP contribution in [0.5, 0.6) is 5.75 Å². The molecule has 0 atom stereocenters. The van der Waals surface area contributed by atoms with E-state index in [-0.39, 0.29) is 11.8 Å². The number of rotatable bonds is 6. The van der Waals surface area contributed by atoms with Crippen molar-refractivity contribution in [2.75, 3.05) is 12.4 Å². The van der Waals surface area contributed by atoms with Crippen LogP contribution in [0.2, 0.25) is 0 Å². The van der Waals surface area contributed by atoms with E-state index in [0.29, 0.717) is 5.82 Å². The zero-order chi connectivity index (χ0) is 17.0. The van der Waals surface area contributed by atoms with Crippen molar-refractivity contribution >= 4 is 11.7 Å². The zero-order valence-corrected chi connectivity index (χ0v) is 13.3. The molecule has 7 heteroatoms. The van der Waals surface area contributed by atoms with Crippen LogP contribution in [-0.4, -0.2) is 22.8 Å². The fourth-order valence-corrected chi connectivity index (χ4v) is 2.40. The molecule has 1 N–H and O–H groups in total. The van der Waals surface area contributed by atoms with Crippen molar-refractivity contribution in [2.24, 2.45) is 0 Å². The molecule has 0 aliphatic carbocycles. The molecule has 0 saturated heterocycles. The quantitative estimate of drug-likeness (QED) is 0.880. The summed E-state index contributed by atoms with van der Waals surface area (Å²) in [5, 5.41) is 6.69. The highest BCUT2D eigenvalue weighted by molar-refractivity contribution is 6.04. The summed E-state index contributed by atoms with van der Waals surface area (Å²) in [6.07, 6.45) is 3.19. The zero-order valence-electron chi connectivity index (χ0n) is 13.3. The molecule has 0 saturated carbocycles. The summed E-state index contributed by atoms with van der Waals surface area (Å²) in [6, 6.07) is 3.63. The van der Waals surface area contributed by atoms with E-state index in [9.17, 15) is 13.6 Å². The van der Waals surface area contributed by atoms with Crippen molar-refractivity contribution in [2.45, 2.75) is 32.7 Å². The summed E-state index contributed by atoms with van der Waals surface area (Å²) >= 11 is 0. The lowest BCUT2D eigenvalue weighted by atomic mass is 10.1. The van der Waals surface area contributed by atoms with Crippen molar-refractivity contribution in [3.8, 4) is 5.75 Å². The predicted octanol–water partition coefficient (Wildman–Crippen LogP) is 3.78. The number of aromatic nitrogens is 2. The van der Waals surface area contributed by atoms with Crippen LogP contribution in [0.15, 0.2) is 24.4 Å². The number of nitrogens with zero attached hydrogens (tertiary/aromatic N) is 2. The number of halogens is 2. The highest BCUT2D eigenvalue weighted by atomic mass is 19.1. The number of carbonyl (C=O) groups is 1. The fourth-order valence-electron chi connectivity index (χ4n) is 2.40. The second-order valence-corrected chi connectivity index (χ2v) is 5.05. The van der Waals surface area contributed by atoms with Gasteiger partial charge in [0.2, 0.25) is 0 Å². The van der Waals surface area contributed by atoms with Gasteiger partial charge in [-0.05, 0) is 12.8 Å². The summed E-state index contributed by atoms with van der Waals surface area (Å²) in [4.78, 5) is 12.2. The molecule has 2 rings (SSSR count). The van der Waals surface area contributed by atoms with Gasteiger partial charge in [0.25, 0.3) is 5.91 Å². The molecule has 1 heterocycles. The van der Waals surface area contributed by atoms with Crippen LogP contribution in [-0.2, 0) is 0 Å². The maximum absolute atomic E-state index is 14.0. The number of amides is 1. The minimum Gasteiger partial charge on any atom is -0.497 e. The molecule has 0 unspecified atom stereocenters. The van der Waals surface area contributed by atoms with E-state index in [1.54, 1.807) is 10.7 Å². The van der Waals surface area contributed by atoms with Crippen LogP contribution >= 0.6 is 0 Å². The first-order chi connectivity index (χ1) is 11.0. The molecule has 1 amide bonds. The van der Waals surface area contributed by atoms with Crippen LogP contribution < -0.4 is 10.1 Å². The molecule has 2 aromatic rings. The van der Waals surface area contributed by atoms with Gasteiger partial charge in [-0.15, -0.1) is 0 Å². The van der Waals surface area contributed by atoms with Crippen LogP contribution in [0.1, 0.15) is 43.1 Å². The standard InChI is InChI=1S/C16H19F2N3O2/c1-4-10(5-2)21-14(6-7-19-21)20-16(22)15-12(17)8-11(23-3)9-13(15)18/h6-10H,4-5H2,1-3H3,(H,20,22). The van der Waals surface area contributed by atoms with Gasteiger partial charge in [-0.3, -0.25) is 4.79 Å². The topological polar surface area (TPSA) is 56.2 Å². The average molecular weight is 323 g/mol. The highest BCUT2D eigenvalue weighted by Gasteiger charge is 2.21. The number of hydrogen-bond donors (Lipinski definition) is 1. The Balaban J connectivity index is 2.29. The van der Waals surface area contributed by atoms with E-state index in [2.05, 4.69) is 10.4 Å². The Labute approximate surface area is 133 Å². The van der Waals surface area contributed by atoms with Gasteiger partial charge < -0.3 is 10.1 Å². The molecule has 0 spiro atoms. The van der Waals surface area contributed by atoms with Crippen molar-refractivity contribution in [3.63, 3.8) is 0 Å². The third-order valence-corrected chi connectivity index (χ3v) is 3.68. The summed E-state index contributed by atoms with van der Waals surface area (Å²) < 4.78 is 34.4. The molecular weight excluding hydrogens is 304 g/mol. The van der Waals surface area contributed by atoms with Crippen LogP contribution in [0.25, 0.3) is 0 Å². The molecule has 0 aliphatic heterocycles. The second-order valence-electron chi connectivity index (χ2n) is 5.05. The monoisotopic (exact) mass is 323 g/mol. The summed E-state index contributed by atoms with van der Waals surface area (Å²) in [5.41, 5.74) is -0.650. The lowest BCUT2D eigenvalue weighted by molar-refractivity contribution is 0.101. The Morgan fingerprint density at radius 1 is 1.30 bits per heavy atom. The van der Waals surface area contributed by atoms with Crippen molar-refractivity contribution in [3.05, 3.63) is 41.6 Å².